The number of nitrogens with one attached hydrogen (secondary N) is 1. The molecular weight excluding hydrogens is 493 g/mol. The zero-order valence-corrected chi connectivity index (χ0v) is 20.5. The molecule has 178 valence electrons. The van der Waals surface area contributed by atoms with Crippen molar-refractivity contribution in [3.05, 3.63) is 87.5 Å². The third kappa shape index (κ3) is 4.48. The Bertz CT molecular complexity index is 1430. The number of rotatable bonds is 4. The highest BCUT2D eigenvalue weighted by atomic mass is 35.5. The zero-order chi connectivity index (χ0) is 25.4. The predicted molar refractivity (Wildman–Crippen MR) is 134 cm³/mol. The van der Waals surface area contributed by atoms with Gasteiger partial charge in [0.1, 0.15) is 11.4 Å². The van der Waals surface area contributed by atoms with E-state index in [0.29, 0.717) is 11.1 Å². The van der Waals surface area contributed by atoms with Crippen LogP contribution >= 0.6 is 23.8 Å². The fraction of sp³-hybridized carbons (Fsp3) is 0.120. The van der Waals surface area contributed by atoms with Gasteiger partial charge in [-0.15, -0.1) is 0 Å². The van der Waals surface area contributed by atoms with Crippen LogP contribution in [0.5, 0.6) is 0 Å². The molecule has 2 heterocycles. The van der Waals surface area contributed by atoms with E-state index in [-0.39, 0.29) is 21.4 Å². The molecule has 1 aliphatic rings. The number of ether oxygens (including phenoxy) is 1. The number of hydrogen-bond donors (Lipinski definition) is 1. The Morgan fingerprint density at radius 1 is 1.09 bits per heavy atom. The first-order valence-electron chi connectivity index (χ1n) is 10.4. The van der Waals surface area contributed by atoms with Crippen molar-refractivity contribution < 1.29 is 23.5 Å². The minimum absolute atomic E-state index is 0.129. The molecule has 3 aromatic rings. The molecule has 10 heteroatoms. The van der Waals surface area contributed by atoms with Crippen molar-refractivity contribution in [2.75, 3.05) is 12.0 Å². The fourth-order valence-electron chi connectivity index (χ4n) is 3.87. The molecule has 1 fully saturated rings. The minimum Gasteiger partial charge on any atom is -0.465 e. The number of amides is 2. The lowest BCUT2D eigenvalue weighted by Gasteiger charge is -2.29. The van der Waals surface area contributed by atoms with E-state index >= 15 is 0 Å². The van der Waals surface area contributed by atoms with Crippen LogP contribution in [-0.2, 0) is 14.3 Å². The predicted octanol–water partition coefficient (Wildman–Crippen LogP) is 4.50. The summed E-state index contributed by atoms with van der Waals surface area (Å²) in [5.74, 6) is -2.38. The van der Waals surface area contributed by atoms with Crippen LogP contribution in [0.2, 0.25) is 5.02 Å². The molecular formula is C25H19ClFN3O4S. The van der Waals surface area contributed by atoms with Crippen molar-refractivity contribution in [2.24, 2.45) is 0 Å². The van der Waals surface area contributed by atoms with Crippen LogP contribution < -0.4 is 10.2 Å². The summed E-state index contributed by atoms with van der Waals surface area (Å²) in [5.41, 5.74) is 3.56. The van der Waals surface area contributed by atoms with Crippen molar-refractivity contribution in [1.82, 2.24) is 9.88 Å². The monoisotopic (exact) mass is 511 g/mol. The number of thiocarbonyl (C=S) groups is 1. The Kier molecular flexibility index (Phi) is 6.56. The SMILES string of the molecule is COC(=O)c1ccc(-n2c(C)cc(/C=C3\C(=O)NC(=S)N(c4ccc(F)c(Cl)c4)C3=O)c2C)cc1. The standard InChI is InChI=1S/C25H19ClFN3O4S/c1-13-10-16(14(2)29(13)17-6-4-15(5-7-17)24(33)34-3)11-19-22(31)28-25(35)30(23(19)32)18-8-9-21(27)20(26)12-18/h4-12H,1-3H3,(H,28,31,35)/b19-11+. The Labute approximate surface area is 210 Å². The molecule has 0 bridgehead atoms. The number of aryl methyl sites for hydroxylation is 1. The van der Waals surface area contributed by atoms with Gasteiger partial charge in [-0.3, -0.25) is 19.8 Å². The van der Waals surface area contributed by atoms with Gasteiger partial charge in [0.2, 0.25) is 0 Å². The normalized spacial score (nSPS) is 14.9. The van der Waals surface area contributed by atoms with Crippen LogP contribution in [0.3, 0.4) is 0 Å². The highest BCUT2D eigenvalue weighted by molar-refractivity contribution is 7.80. The molecule has 0 saturated carbocycles. The van der Waals surface area contributed by atoms with Crippen LogP contribution in [0.25, 0.3) is 11.8 Å². The molecule has 35 heavy (non-hydrogen) atoms. The van der Waals surface area contributed by atoms with Gasteiger partial charge in [0.25, 0.3) is 11.8 Å². The number of methoxy groups -OCH3 is 1. The van der Waals surface area contributed by atoms with Gasteiger partial charge in [0.15, 0.2) is 5.11 Å². The number of carbonyl (C=O) groups is 3. The van der Waals surface area contributed by atoms with E-state index in [1.54, 1.807) is 24.3 Å². The van der Waals surface area contributed by atoms with E-state index in [9.17, 15) is 18.8 Å². The number of anilines is 1. The van der Waals surface area contributed by atoms with Gasteiger partial charge in [0.05, 0.1) is 23.4 Å². The molecule has 0 spiro atoms. The second-order valence-corrected chi connectivity index (χ2v) is 8.55. The summed E-state index contributed by atoms with van der Waals surface area (Å²) < 4.78 is 20.3. The first kappa shape index (κ1) is 24.3. The zero-order valence-electron chi connectivity index (χ0n) is 18.9. The maximum Gasteiger partial charge on any atom is 0.337 e. The molecule has 0 aliphatic carbocycles. The lowest BCUT2D eigenvalue weighted by Crippen LogP contribution is -2.54. The summed E-state index contributed by atoms with van der Waals surface area (Å²) in [5, 5.41) is 2.19. The number of hydrogen-bond acceptors (Lipinski definition) is 5. The van der Waals surface area contributed by atoms with Crippen LogP contribution in [0.15, 0.2) is 54.1 Å². The molecule has 1 N–H and O–H groups in total. The molecule has 7 nitrogen and oxygen atoms in total. The van der Waals surface area contributed by atoms with Crippen LogP contribution in [0.4, 0.5) is 10.1 Å². The van der Waals surface area contributed by atoms with Gasteiger partial charge in [0, 0.05) is 17.1 Å². The van der Waals surface area contributed by atoms with Gasteiger partial charge in [-0.1, -0.05) is 11.6 Å². The summed E-state index contributed by atoms with van der Waals surface area (Å²) in [6, 6.07) is 12.4. The second-order valence-electron chi connectivity index (χ2n) is 7.76. The Morgan fingerprint density at radius 3 is 2.37 bits per heavy atom. The van der Waals surface area contributed by atoms with Crippen molar-refractivity contribution >= 4 is 58.5 Å². The Balaban J connectivity index is 1.72. The maximum absolute atomic E-state index is 13.6. The first-order chi connectivity index (χ1) is 16.6. The van der Waals surface area contributed by atoms with Crippen molar-refractivity contribution in [3.63, 3.8) is 0 Å². The number of benzene rings is 2. The van der Waals surface area contributed by atoms with Gasteiger partial charge in [-0.05, 0) is 86.2 Å². The molecule has 1 aromatic heterocycles. The smallest absolute Gasteiger partial charge is 0.337 e. The lowest BCUT2D eigenvalue weighted by molar-refractivity contribution is -0.122. The second kappa shape index (κ2) is 9.44. The number of aromatic nitrogens is 1. The molecule has 2 amide bonds. The third-order valence-electron chi connectivity index (χ3n) is 5.58. The summed E-state index contributed by atoms with van der Waals surface area (Å²) in [6.45, 7) is 3.73. The number of halogens is 2. The topological polar surface area (TPSA) is 80.6 Å². The van der Waals surface area contributed by atoms with Gasteiger partial charge in [-0.25, -0.2) is 9.18 Å². The first-order valence-corrected chi connectivity index (χ1v) is 11.1. The highest BCUT2D eigenvalue weighted by Gasteiger charge is 2.35. The summed E-state index contributed by atoms with van der Waals surface area (Å²) in [7, 11) is 1.32. The molecule has 0 unspecified atom stereocenters. The quantitative estimate of drug-likeness (QED) is 0.241. The van der Waals surface area contributed by atoms with E-state index in [1.165, 1.54) is 25.3 Å². The van der Waals surface area contributed by atoms with E-state index in [1.807, 2.05) is 24.5 Å². The lowest BCUT2D eigenvalue weighted by atomic mass is 10.1. The molecule has 2 aromatic carbocycles. The van der Waals surface area contributed by atoms with Crippen molar-refractivity contribution in [1.29, 1.82) is 0 Å². The Hall–Kier alpha value is -3.82. The highest BCUT2D eigenvalue weighted by Crippen LogP contribution is 2.28. The number of carbonyl (C=O) groups excluding carboxylic acids is 3. The average molecular weight is 512 g/mol. The van der Waals surface area contributed by atoms with Gasteiger partial charge >= 0.3 is 5.97 Å². The van der Waals surface area contributed by atoms with E-state index in [2.05, 4.69) is 5.32 Å². The average Bonchev–Trinajstić information content (AvgIpc) is 3.11. The molecule has 0 atom stereocenters. The number of nitrogens with zero attached hydrogens (tertiary/aromatic N) is 2. The Morgan fingerprint density at radius 2 is 1.74 bits per heavy atom. The van der Waals surface area contributed by atoms with Crippen molar-refractivity contribution in [2.45, 2.75) is 13.8 Å². The van der Waals surface area contributed by atoms with Crippen molar-refractivity contribution in [3.8, 4) is 5.69 Å². The van der Waals surface area contributed by atoms with E-state index in [4.69, 9.17) is 28.6 Å². The van der Waals surface area contributed by atoms with Gasteiger partial charge < -0.3 is 9.30 Å². The maximum atomic E-state index is 13.6. The third-order valence-corrected chi connectivity index (χ3v) is 6.15. The van der Waals surface area contributed by atoms with Crippen LogP contribution in [0.1, 0.15) is 27.3 Å². The summed E-state index contributed by atoms with van der Waals surface area (Å²) >= 11 is 11.1. The summed E-state index contributed by atoms with van der Waals surface area (Å²) in [6.07, 6.45) is 1.49. The van der Waals surface area contributed by atoms with E-state index < -0.39 is 23.6 Å². The largest absolute Gasteiger partial charge is 0.465 e. The van der Waals surface area contributed by atoms with Crippen LogP contribution in [0, 0.1) is 19.7 Å². The number of esters is 1. The van der Waals surface area contributed by atoms with E-state index in [0.717, 1.165) is 28.0 Å². The molecule has 4 rings (SSSR count). The minimum atomic E-state index is -0.659. The van der Waals surface area contributed by atoms with Crippen LogP contribution in [-0.4, -0.2) is 34.6 Å². The molecule has 0 radical (unpaired) electrons. The summed E-state index contributed by atoms with van der Waals surface area (Å²) in [4.78, 5) is 38.8. The molecule has 1 aliphatic heterocycles. The fourth-order valence-corrected chi connectivity index (χ4v) is 4.32. The molecule has 1 saturated heterocycles. The van der Waals surface area contributed by atoms with Gasteiger partial charge in [-0.2, -0.15) is 0 Å².